The van der Waals surface area contributed by atoms with Crippen LogP contribution >= 0.6 is 0 Å². The lowest BCUT2D eigenvalue weighted by molar-refractivity contribution is -0.143. The summed E-state index contributed by atoms with van der Waals surface area (Å²) in [6.45, 7) is 7.43. The van der Waals surface area contributed by atoms with E-state index < -0.39 is 58.8 Å². The number of amides is 1. The van der Waals surface area contributed by atoms with Crippen molar-refractivity contribution < 1.29 is 49.4 Å². The first-order valence-corrected chi connectivity index (χ1v) is 13.7. The van der Waals surface area contributed by atoms with Crippen LogP contribution in [0.25, 0.3) is 11.1 Å². The van der Waals surface area contributed by atoms with Crippen molar-refractivity contribution in [1.29, 1.82) is 0 Å². The highest BCUT2D eigenvalue weighted by atomic mass is 19.4. The number of hydrogen-bond donors (Lipinski definition) is 0. The van der Waals surface area contributed by atoms with Gasteiger partial charge in [0.15, 0.2) is 0 Å². The molecule has 2 atom stereocenters. The summed E-state index contributed by atoms with van der Waals surface area (Å²) in [5.74, 6) is -0.544. The number of carbonyl (C=O) groups excluding carboxylic acids is 1. The van der Waals surface area contributed by atoms with Crippen molar-refractivity contribution in [2.24, 2.45) is 0 Å². The van der Waals surface area contributed by atoms with Crippen LogP contribution in [0.1, 0.15) is 80.0 Å². The smallest absolute Gasteiger partial charge is 0.416 e. The fourth-order valence-electron chi connectivity index (χ4n) is 5.24. The van der Waals surface area contributed by atoms with Crippen molar-refractivity contribution in [3.63, 3.8) is 0 Å². The van der Waals surface area contributed by atoms with E-state index in [1.54, 1.807) is 26.0 Å². The van der Waals surface area contributed by atoms with Gasteiger partial charge in [0.25, 0.3) is 0 Å². The van der Waals surface area contributed by atoms with Crippen molar-refractivity contribution in [2.45, 2.75) is 77.2 Å². The number of halogens is 8. The van der Waals surface area contributed by atoms with Crippen molar-refractivity contribution >= 4 is 6.09 Å². The van der Waals surface area contributed by atoms with Gasteiger partial charge in [0.1, 0.15) is 23.3 Å². The van der Waals surface area contributed by atoms with Crippen LogP contribution in [0.3, 0.4) is 0 Å². The Morgan fingerprint density at radius 1 is 0.864 bits per heavy atom. The van der Waals surface area contributed by atoms with Gasteiger partial charge in [-0.3, -0.25) is 4.90 Å². The summed E-state index contributed by atoms with van der Waals surface area (Å²) in [4.78, 5) is 14.2. The van der Waals surface area contributed by atoms with E-state index in [-0.39, 0.29) is 29.8 Å². The van der Waals surface area contributed by atoms with Gasteiger partial charge in [-0.1, -0.05) is 32.0 Å². The van der Waals surface area contributed by atoms with Crippen molar-refractivity contribution in [3.05, 3.63) is 87.7 Å². The number of methoxy groups -OCH3 is 1. The van der Waals surface area contributed by atoms with E-state index in [1.807, 2.05) is 0 Å². The van der Waals surface area contributed by atoms with Crippen LogP contribution < -0.4 is 4.74 Å². The number of carbonyl (C=O) groups is 1. The van der Waals surface area contributed by atoms with Gasteiger partial charge < -0.3 is 9.47 Å². The quantitative estimate of drug-likeness (QED) is 0.244. The molecule has 1 fully saturated rings. The predicted octanol–water partition coefficient (Wildman–Crippen LogP) is 9.95. The zero-order valence-electron chi connectivity index (χ0n) is 24.8. The van der Waals surface area contributed by atoms with Gasteiger partial charge in [0.2, 0.25) is 0 Å². The zero-order chi connectivity index (χ0) is 32.9. The van der Waals surface area contributed by atoms with Crippen LogP contribution in [-0.2, 0) is 29.3 Å². The van der Waals surface area contributed by atoms with Crippen LogP contribution in [0, 0.1) is 5.82 Å². The normalized spacial score (nSPS) is 17.8. The number of ether oxygens (including phenoxy) is 2. The van der Waals surface area contributed by atoms with Gasteiger partial charge in [-0.25, -0.2) is 13.6 Å². The fraction of sp³-hybridized carbons (Fsp3) is 0.406. The Bertz CT molecular complexity index is 1520. The van der Waals surface area contributed by atoms with Crippen LogP contribution in [0.15, 0.2) is 48.5 Å². The molecule has 4 rings (SSSR count). The number of benzene rings is 3. The molecule has 1 amide bonds. The second-order valence-electron chi connectivity index (χ2n) is 11.6. The first-order valence-electron chi connectivity index (χ1n) is 13.7. The molecule has 0 spiro atoms. The van der Waals surface area contributed by atoms with Gasteiger partial charge in [-0.2, -0.15) is 26.3 Å². The second kappa shape index (κ2) is 11.6. The molecule has 44 heavy (non-hydrogen) atoms. The minimum Gasteiger partial charge on any atom is -0.496 e. The molecule has 0 unspecified atom stereocenters. The van der Waals surface area contributed by atoms with E-state index in [1.165, 1.54) is 46.1 Å². The maximum absolute atomic E-state index is 15.1. The van der Waals surface area contributed by atoms with Gasteiger partial charge in [-0.15, -0.1) is 0 Å². The Morgan fingerprint density at radius 3 is 1.95 bits per heavy atom. The highest BCUT2D eigenvalue weighted by Gasteiger charge is 2.43. The van der Waals surface area contributed by atoms with Crippen LogP contribution in [0.4, 0.5) is 39.9 Å². The molecule has 0 bridgehead atoms. The Hall–Kier alpha value is -3.83. The lowest BCUT2D eigenvalue weighted by atomic mass is 9.89. The molecule has 0 aliphatic carbocycles. The topological polar surface area (TPSA) is 38.8 Å². The summed E-state index contributed by atoms with van der Waals surface area (Å²) in [5, 5.41) is 0. The number of cyclic esters (lactones) is 1. The van der Waals surface area contributed by atoms with E-state index in [4.69, 9.17) is 9.47 Å². The molecule has 1 aliphatic heterocycles. The lowest BCUT2D eigenvalue weighted by Gasteiger charge is -2.25. The van der Waals surface area contributed by atoms with Gasteiger partial charge in [-0.05, 0) is 78.8 Å². The number of nitrogens with zero attached hydrogens (tertiary/aromatic N) is 1. The Balaban J connectivity index is 1.81. The molecule has 238 valence electrons. The molecule has 12 heteroatoms. The van der Waals surface area contributed by atoms with Gasteiger partial charge >= 0.3 is 18.4 Å². The molecule has 4 nitrogen and oxygen atoms in total. The summed E-state index contributed by atoms with van der Waals surface area (Å²) in [5.41, 5.74) is -3.46. The third kappa shape index (κ3) is 6.63. The number of hydrogen-bond acceptors (Lipinski definition) is 3. The molecule has 3 aromatic rings. The highest BCUT2D eigenvalue weighted by molar-refractivity contribution is 5.76. The molecule has 1 saturated heterocycles. The van der Waals surface area contributed by atoms with E-state index in [9.17, 15) is 35.5 Å². The summed E-state index contributed by atoms with van der Waals surface area (Å²) in [6.07, 6.45) is -12.6. The predicted molar refractivity (Wildman–Crippen MR) is 147 cm³/mol. The molecular weight excluding hydrogens is 598 g/mol. The van der Waals surface area contributed by atoms with E-state index >= 15 is 4.39 Å². The number of rotatable bonds is 7. The third-order valence-corrected chi connectivity index (χ3v) is 7.69. The van der Waals surface area contributed by atoms with Crippen LogP contribution in [0.5, 0.6) is 5.75 Å². The summed E-state index contributed by atoms with van der Waals surface area (Å²) in [7, 11) is 1.35. The highest BCUT2D eigenvalue weighted by Crippen LogP contribution is 2.43. The van der Waals surface area contributed by atoms with Crippen LogP contribution in [-0.4, -0.2) is 24.1 Å². The molecule has 1 aliphatic rings. The van der Waals surface area contributed by atoms with Gasteiger partial charge in [0.05, 0.1) is 30.8 Å². The minimum absolute atomic E-state index is 0.000686. The van der Waals surface area contributed by atoms with Gasteiger partial charge in [0, 0.05) is 11.6 Å². The maximum Gasteiger partial charge on any atom is 0.416 e. The average molecular weight is 630 g/mol. The molecular formula is C32H31F8NO3. The van der Waals surface area contributed by atoms with Crippen molar-refractivity contribution in [3.8, 4) is 16.9 Å². The fourth-order valence-corrected chi connectivity index (χ4v) is 5.24. The summed E-state index contributed by atoms with van der Waals surface area (Å²) < 4.78 is 122. The zero-order valence-corrected chi connectivity index (χ0v) is 24.8. The molecule has 1 heterocycles. The monoisotopic (exact) mass is 629 g/mol. The first-order chi connectivity index (χ1) is 20.2. The minimum atomic E-state index is -5.08. The average Bonchev–Trinajstić information content (AvgIpc) is 3.19. The van der Waals surface area contributed by atoms with E-state index in [0.29, 0.717) is 34.4 Å². The van der Waals surface area contributed by atoms with E-state index in [2.05, 4.69) is 0 Å². The third-order valence-electron chi connectivity index (χ3n) is 7.69. The van der Waals surface area contributed by atoms with Crippen molar-refractivity contribution in [2.75, 3.05) is 7.11 Å². The Labute approximate surface area is 249 Å². The largest absolute Gasteiger partial charge is 0.496 e. The molecule has 0 saturated carbocycles. The Kier molecular flexibility index (Phi) is 8.71. The Morgan fingerprint density at radius 2 is 1.45 bits per heavy atom. The van der Waals surface area contributed by atoms with Crippen molar-refractivity contribution in [1.82, 2.24) is 4.90 Å². The molecule has 3 aromatic carbocycles. The standard InChI is InChI=1S/C32H31F8NO3/c1-16(2)24-13-25(27(43-6)14-26(24)33)23-8-7-20(30(4,5)34)11-19(23)15-41-17(3)28(44-29(41)42)18-9-21(31(35,36)37)12-22(10-18)32(38,39)40/h7-14,16-17,28H,15H2,1-6H3/t17-,28-/m0/s1. The van der Waals surface area contributed by atoms with E-state index in [0.717, 1.165) is 4.90 Å². The molecule has 0 aromatic heterocycles. The summed E-state index contributed by atoms with van der Waals surface area (Å²) in [6, 6.07) is 7.48. The second-order valence-corrected chi connectivity index (χ2v) is 11.6. The SMILES string of the molecule is COc1cc(F)c(C(C)C)cc1-c1ccc(C(C)(C)F)cc1CN1C(=O)O[C@H](c2cc(C(F)(F)F)cc(C(F)(F)F)c2)[C@@H]1C. The van der Waals surface area contributed by atoms with Crippen LogP contribution in [0.2, 0.25) is 0 Å². The molecule has 0 N–H and O–H groups in total. The summed E-state index contributed by atoms with van der Waals surface area (Å²) >= 11 is 0. The number of alkyl halides is 7. The lowest BCUT2D eigenvalue weighted by Crippen LogP contribution is -2.32. The first kappa shape index (κ1) is 33.1. The maximum atomic E-state index is 15.1. The molecule has 0 radical (unpaired) electrons.